The van der Waals surface area contributed by atoms with Crippen LogP contribution in [0.4, 0.5) is 0 Å². The van der Waals surface area contributed by atoms with Crippen molar-refractivity contribution in [3.8, 4) is 16.9 Å². The second-order valence-electron chi connectivity index (χ2n) is 10.8. The molecule has 0 saturated carbocycles. The van der Waals surface area contributed by atoms with Gasteiger partial charge in [-0.15, -0.1) is 0 Å². The first kappa shape index (κ1) is 26.4. The molecule has 6 aromatic rings. The SMILES string of the molecule is Cc1nc2nn(C)cc2cc1-n1nc(-c2cccc3nn(CC(O)c4ccc(C(=O)O)cc4)cc23)c(C(C)C)c1C. The van der Waals surface area contributed by atoms with Crippen LogP contribution in [-0.2, 0) is 13.6 Å². The highest BCUT2D eigenvalue weighted by atomic mass is 16.4. The third kappa shape index (κ3) is 4.66. The fourth-order valence-corrected chi connectivity index (χ4v) is 5.53. The lowest BCUT2D eigenvalue weighted by atomic mass is 9.95. The quantitative estimate of drug-likeness (QED) is 0.275. The van der Waals surface area contributed by atoms with Gasteiger partial charge in [0.25, 0.3) is 0 Å². The van der Waals surface area contributed by atoms with Gasteiger partial charge >= 0.3 is 5.97 Å². The first-order chi connectivity index (χ1) is 19.6. The lowest BCUT2D eigenvalue weighted by Gasteiger charge is -2.11. The van der Waals surface area contributed by atoms with Crippen LogP contribution in [0.2, 0.25) is 0 Å². The molecule has 4 aromatic heterocycles. The highest BCUT2D eigenvalue weighted by Gasteiger charge is 2.23. The predicted molar refractivity (Wildman–Crippen MR) is 156 cm³/mol. The molecule has 0 bridgehead atoms. The van der Waals surface area contributed by atoms with Crippen molar-refractivity contribution in [3.63, 3.8) is 0 Å². The maximum Gasteiger partial charge on any atom is 0.335 e. The summed E-state index contributed by atoms with van der Waals surface area (Å²) in [5.74, 6) is -0.783. The van der Waals surface area contributed by atoms with Crippen LogP contribution in [0.1, 0.15) is 58.7 Å². The average Bonchev–Trinajstić information content (AvgIpc) is 3.61. The van der Waals surface area contributed by atoms with Crippen molar-refractivity contribution in [2.45, 2.75) is 46.3 Å². The van der Waals surface area contributed by atoms with E-state index in [1.807, 2.05) is 43.2 Å². The standard InChI is InChI=1S/C31H31N7O3/c1-17(2)28-19(4)38(26-13-22-14-36(5)35-30(22)32-18(26)3)34-29(28)23-7-6-8-25-24(23)15-37(33-25)16-27(39)20-9-11-21(12-10-20)31(40)41/h6-15,17,27,39H,16H2,1-5H3,(H,40,41). The number of aromatic carboxylic acids is 1. The summed E-state index contributed by atoms with van der Waals surface area (Å²) in [5, 5.41) is 36.2. The first-order valence-electron chi connectivity index (χ1n) is 13.5. The molecule has 0 radical (unpaired) electrons. The summed E-state index contributed by atoms with van der Waals surface area (Å²) < 4.78 is 5.47. The first-order valence-corrected chi connectivity index (χ1v) is 13.5. The topological polar surface area (TPSA) is 124 Å². The molecule has 2 aromatic carbocycles. The number of aryl methyl sites for hydroxylation is 2. The summed E-state index contributed by atoms with van der Waals surface area (Å²) in [4.78, 5) is 15.9. The number of rotatable bonds is 7. The molecule has 0 spiro atoms. The Kier molecular flexibility index (Phi) is 6.42. The molecule has 4 heterocycles. The normalized spacial score (nSPS) is 12.6. The number of aliphatic hydroxyl groups is 1. The number of aliphatic hydroxyl groups excluding tert-OH is 1. The number of aromatic nitrogens is 7. The fourth-order valence-electron chi connectivity index (χ4n) is 5.53. The Morgan fingerprint density at radius 3 is 2.46 bits per heavy atom. The Morgan fingerprint density at radius 2 is 1.76 bits per heavy atom. The van der Waals surface area contributed by atoms with Gasteiger partial charge in [0, 0.05) is 47.0 Å². The molecule has 41 heavy (non-hydrogen) atoms. The second-order valence-corrected chi connectivity index (χ2v) is 10.8. The maximum absolute atomic E-state index is 11.2. The van der Waals surface area contributed by atoms with Crippen molar-refractivity contribution < 1.29 is 15.0 Å². The van der Waals surface area contributed by atoms with E-state index in [9.17, 15) is 9.90 Å². The molecule has 0 aliphatic rings. The molecular formula is C31H31N7O3. The van der Waals surface area contributed by atoms with Crippen LogP contribution in [0.15, 0.2) is 60.9 Å². The van der Waals surface area contributed by atoms with Crippen LogP contribution in [0.3, 0.4) is 0 Å². The van der Waals surface area contributed by atoms with Gasteiger partial charge in [0.15, 0.2) is 5.65 Å². The summed E-state index contributed by atoms with van der Waals surface area (Å²) in [6, 6.07) is 14.3. The van der Waals surface area contributed by atoms with Crippen molar-refractivity contribution in [2.75, 3.05) is 0 Å². The van der Waals surface area contributed by atoms with Crippen molar-refractivity contribution in [3.05, 3.63) is 89.0 Å². The van der Waals surface area contributed by atoms with Crippen molar-refractivity contribution in [1.29, 1.82) is 0 Å². The Bertz CT molecular complexity index is 1930. The van der Waals surface area contributed by atoms with E-state index in [1.165, 1.54) is 12.1 Å². The number of pyridine rings is 1. The number of carboxylic acid groups (broad SMARTS) is 1. The number of nitrogens with zero attached hydrogens (tertiary/aromatic N) is 7. The molecule has 208 valence electrons. The van der Waals surface area contributed by atoms with Crippen LogP contribution >= 0.6 is 0 Å². The van der Waals surface area contributed by atoms with Crippen molar-refractivity contribution in [2.24, 2.45) is 7.05 Å². The van der Waals surface area contributed by atoms with Crippen LogP contribution in [0.5, 0.6) is 0 Å². The molecule has 10 heteroatoms. The summed E-state index contributed by atoms with van der Waals surface area (Å²) in [7, 11) is 1.89. The minimum atomic E-state index is -1.00. The van der Waals surface area contributed by atoms with Gasteiger partial charge < -0.3 is 10.2 Å². The van der Waals surface area contributed by atoms with Gasteiger partial charge in [0.1, 0.15) is 0 Å². The van der Waals surface area contributed by atoms with E-state index >= 15 is 0 Å². The summed E-state index contributed by atoms with van der Waals surface area (Å²) >= 11 is 0. The molecule has 10 nitrogen and oxygen atoms in total. The van der Waals surface area contributed by atoms with Crippen LogP contribution in [0, 0.1) is 13.8 Å². The van der Waals surface area contributed by atoms with Gasteiger partial charge in [-0.2, -0.15) is 15.3 Å². The number of carbonyl (C=O) groups is 1. The van der Waals surface area contributed by atoms with Gasteiger partial charge in [-0.3, -0.25) is 9.36 Å². The zero-order chi connectivity index (χ0) is 29.0. The van der Waals surface area contributed by atoms with Gasteiger partial charge in [0.05, 0.1) is 40.8 Å². The molecule has 0 saturated heterocycles. The lowest BCUT2D eigenvalue weighted by Crippen LogP contribution is -2.09. The van der Waals surface area contributed by atoms with Crippen LogP contribution in [0.25, 0.3) is 38.9 Å². The fraction of sp³-hybridized carbons (Fsp3) is 0.258. The minimum Gasteiger partial charge on any atom is -0.478 e. The summed E-state index contributed by atoms with van der Waals surface area (Å²) in [6.45, 7) is 8.63. The van der Waals surface area contributed by atoms with Crippen molar-refractivity contribution in [1.82, 2.24) is 34.3 Å². The average molecular weight is 550 g/mol. The predicted octanol–water partition coefficient (Wildman–Crippen LogP) is 5.34. The number of carboxylic acids is 1. The monoisotopic (exact) mass is 549 g/mol. The zero-order valence-corrected chi connectivity index (χ0v) is 23.6. The van der Waals surface area contributed by atoms with Crippen molar-refractivity contribution >= 4 is 27.9 Å². The molecule has 2 N–H and O–H groups in total. The number of fused-ring (bicyclic) bond motifs is 2. The van der Waals surface area contributed by atoms with Gasteiger partial charge in [-0.05, 0) is 49.6 Å². The Labute approximate surface area is 236 Å². The highest BCUT2D eigenvalue weighted by molar-refractivity contribution is 5.94. The number of hydrogen-bond donors (Lipinski definition) is 2. The molecular weight excluding hydrogens is 518 g/mol. The van der Waals surface area contributed by atoms with E-state index in [1.54, 1.807) is 21.5 Å². The molecule has 1 unspecified atom stereocenters. The molecule has 1 atom stereocenters. The van der Waals surface area contributed by atoms with Gasteiger partial charge in [-0.1, -0.05) is 38.1 Å². The molecule has 0 fully saturated rings. The highest BCUT2D eigenvalue weighted by Crippen LogP contribution is 2.37. The van der Waals surface area contributed by atoms with E-state index in [2.05, 4.69) is 38.0 Å². The van der Waals surface area contributed by atoms with Gasteiger partial charge in [-0.25, -0.2) is 14.5 Å². The van der Waals surface area contributed by atoms with E-state index in [0.717, 1.165) is 50.2 Å². The Balaban J connectivity index is 1.41. The molecule has 0 amide bonds. The Morgan fingerprint density at radius 1 is 1.00 bits per heavy atom. The lowest BCUT2D eigenvalue weighted by molar-refractivity contribution is 0.0696. The number of benzene rings is 2. The van der Waals surface area contributed by atoms with Crippen LogP contribution < -0.4 is 0 Å². The third-order valence-electron chi connectivity index (χ3n) is 7.50. The smallest absolute Gasteiger partial charge is 0.335 e. The minimum absolute atomic E-state index is 0.178. The Hall–Kier alpha value is -4.83. The van der Waals surface area contributed by atoms with Crippen LogP contribution in [-0.4, -0.2) is 50.5 Å². The second kappa shape index (κ2) is 9.97. The summed E-state index contributed by atoms with van der Waals surface area (Å²) in [5.41, 5.74) is 8.12. The van der Waals surface area contributed by atoms with E-state index < -0.39 is 12.1 Å². The molecule has 0 aliphatic carbocycles. The number of hydrogen-bond acceptors (Lipinski definition) is 6. The van der Waals surface area contributed by atoms with E-state index in [0.29, 0.717) is 11.2 Å². The van der Waals surface area contributed by atoms with E-state index in [-0.39, 0.29) is 18.0 Å². The van der Waals surface area contributed by atoms with E-state index in [4.69, 9.17) is 20.3 Å². The molecule has 0 aliphatic heterocycles. The largest absolute Gasteiger partial charge is 0.478 e. The van der Waals surface area contributed by atoms with Gasteiger partial charge in [0.2, 0.25) is 0 Å². The third-order valence-corrected chi connectivity index (χ3v) is 7.50. The zero-order valence-electron chi connectivity index (χ0n) is 23.6. The summed E-state index contributed by atoms with van der Waals surface area (Å²) in [6.07, 6.45) is 3.05. The molecule has 6 rings (SSSR count). The maximum atomic E-state index is 11.2.